The first-order chi connectivity index (χ1) is 11.7. The maximum absolute atomic E-state index is 12.8. The van der Waals surface area contributed by atoms with Gasteiger partial charge in [0.2, 0.25) is 9.84 Å². The molecular weight excluding hydrogens is 352 g/mol. The topological polar surface area (TPSA) is 70.0 Å². The van der Waals surface area contributed by atoms with Gasteiger partial charge in [-0.2, -0.15) is 5.26 Å². The lowest BCUT2D eigenvalue weighted by molar-refractivity contribution is 0.587. The van der Waals surface area contributed by atoms with Gasteiger partial charge in [-0.15, -0.1) is 12.6 Å². The Balaban J connectivity index is 2.42. The molecule has 0 aromatic heterocycles. The van der Waals surface area contributed by atoms with Crippen LogP contribution >= 0.6 is 12.6 Å². The molecular formula is C19H20N2O2S2. The molecule has 0 radical (unpaired) electrons. The molecule has 0 amide bonds. The molecule has 0 saturated heterocycles. The van der Waals surface area contributed by atoms with Crippen LogP contribution in [0.1, 0.15) is 26.3 Å². The van der Waals surface area contributed by atoms with E-state index in [2.05, 4.69) is 17.9 Å². The average molecular weight is 373 g/mol. The third kappa shape index (κ3) is 4.44. The number of nitrogens with one attached hydrogen (secondary N) is 1. The van der Waals surface area contributed by atoms with Gasteiger partial charge in [0.1, 0.15) is 6.07 Å². The number of nitriles is 1. The molecule has 0 aliphatic carbocycles. The van der Waals surface area contributed by atoms with Crippen LogP contribution in [0.25, 0.3) is 0 Å². The highest BCUT2D eigenvalue weighted by atomic mass is 32.2. The molecule has 1 N–H and O–H groups in total. The molecule has 0 bridgehead atoms. The molecule has 4 nitrogen and oxygen atoms in total. The Bertz CT molecular complexity index is 918. The zero-order chi connectivity index (χ0) is 18.7. The number of rotatable bonds is 4. The normalized spacial score (nSPS) is 12.9. The molecule has 2 aromatic carbocycles. The molecule has 0 heterocycles. The number of hydrogen-bond donors (Lipinski definition) is 2. The first kappa shape index (κ1) is 19.1. The summed E-state index contributed by atoms with van der Waals surface area (Å²) in [5.41, 5.74) is 1.58. The van der Waals surface area contributed by atoms with Crippen LogP contribution in [0.5, 0.6) is 0 Å². The first-order valence-corrected chi connectivity index (χ1v) is 9.60. The number of thiol groups is 1. The third-order valence-electron chi connectivity index (χ3n) is 3.65. The van der Waals surface area contributed by atoms with E-state index in [1.807, 2.05) is 26.8 Å². The van der Waals surface area contributed by atoms with Gasteiger partial charge < -0.3 is 5.32 Å². The lowest BCUT2D eigenvalue weighted by atomic mass is 9.87. The highest BCUT2D eigenvalue weighted by Gasteiger charge is 2.25. The van der Waals surface area contributed by atoms with Crippen molar-refractivity contribution in [3.8, 4) is 6.07 Å². The standard InChI is InChI=1S/C19H20N2O2S2/c1-19(2,3)14-9-11-16(12-10-14)25(22,23)17(13-20)18(24)21-15-7-5-4-6-8-15/h4-12,21,24H,1-3H3/b18-17-. The minimum absolute atomic E-state index is 0.00593. The van der Waals surface area contributed by atoms with Crippen molar-refractivity contribution in [2.75, 3.05) is 5.32 Å². The zero-order valence-electron chi connectivity index (χ0n) is 14.3. The van der Waals surface area contributed by atoms with Gasteiger partial charge in [-0.25, -0.2) is 8.42 Å². The van der Waals surface area contributed by atoms with Gasteiger partial charge in [0.05, 0.1) is 9.92 Å². The van der Waals surface area contributed by atoms with Crippen molar-refractivity contribution in [1.29, 1.82) is 5.26 Å². The summed E-state index contributed by atoms with van der Waals surface area (Å²) in [6.45, 7) is 6.15. The van der Waals surface area contributed by atoms with Crippen LogP contribution in [0.3, 0.4) is 0 Å². The van der Waals surface area contributed by atoms with E-state index in [1.165, 1.54) is 12.1 Å². The maximum atomic E-state index is 12.8. The fraction of sp³-hybridized carbons (Fsp3) is 0.211. The monoisotopic (exact) mass is 372 g/mol. The molecule has 2 aromatic rings. The molecule has 0 spiro atoms. The van der Waals surface area contributed by atoms with Crippen LogP contribution in [0.15, 0.2) is 69.4 Å². The minimum atomic E-state index is -3.95. The van der Waals surface area contributed by atoms with Crippen LogP contribution in [-0.2, 0) is 15.3 Å². The van der Waals surface area contributed by atoms with Gasteiger partial charge in [-0.1, -0.05) is 51.1 Å². The van der Waals surface area contributed by atoms with Crippen molar-refractivity contribution >= 4 is 28.2 Å². The lowest BCUT2D eigenvalue weighted by Gasteiger charge is -2.19. The first-order valence-electron chi connectivity index (χ1n) is 7.67. The van der Waals surface area contributed by atoms with E-state index in [9.17, 15) is 13.7 Å². The van der Waals surface area contributed by atoms with Crippen molar-refractivity contribution in [2.24, 2.45) is 0 Å². The molecule has 130 valence electrons. The van der Waals surface area contributed by atoms with Crippen molar-refractivity contribution < 1.29 is 8.42 Å². The Hall–Kier alpha value is -2.23. The summed E-state index contributed by atoms with van der Waals surface area (Å²) in [4.78, 5) is -0.346. The molecule has 0 aliphatic heterocycles. The summed E-state index contributed by atoms with van der Waals surface area (Å²) in [5.74, 6) is 0. The number of sulfone groups is 1. The number of hydrogen-bond acceptors (Lipinski definition) is 5. The van der Waals surface area contributed by atoms with Gasteiger partial charge in [-0.05, 0) is 35.2 Å². The molecule has 0 fully saturated rings. The molecule has 0 atom stereocenters. The molecule has 0 unspecified atom stereocenters. The lowest BCUT2D eigenvalue weighted by Crippen LogP contribution is -2.12. The van der Waals surface area contributed by atoms with E-state index >= 15 is 0 Å². The third-order valence-corrected chi connectivity index (χ3v) is 5.86. The molecule has 25 heavy (non-hydrogen) atoms. The quantitative estimate of drug-likeness (QED) is 0.613. The van der Waals surface area contributed by atoms with Crippen molar-refractivity contribution in [3.05, 3.63) is 70.1 Å². The Kier molecular flexibility index (Phi) is 5.61. The summed E-state index contributed by atoms with van der Waals surface area (Å²) < 4.78 is 25.6. The van der Waals surface area contributed by atoms with E-state index in [0.717, 1.165) is 5.56 Å². The summed E-state index contributed by atoms with van der Waals surface area (Å²) in [6, 6.07) is 17.3. The Morgan fingerprint density at radius 2 is 1.60 bits per heavy atom. The summed E-state index contributed by atoms with van der Waals surface area (Å²) in [6.07, 6.45) is 0. The summed E-state index contributed by atoms with van der Waals surface area (Å²) in [7, 11) is -3.95. The number of benzene rings is 2. The molecule has 6 heteroatoms. The second-order valence-electron chi connectivity index (χ2n) is 6.56. The second kappa shape index (κ2) is 7.34. The van der Waals surface area contributed by atoms with Gasteiger partial charge >= 0.3 is 0 Å². The fourth-order valence-electron chi connectivity index (χ4n) is 2.21. The number of para-hydroxylation sites is 1. The SMILES string of the molecule is CC(C)(C)c1ccc(S(=O)(=O)/C(C#N)=C(\S)Nc2ccccc2)cc1. The van der Waals surface area contributed by atoms with Crippen LogP contribution in [0, 0.1) is 11.3 Å². The van der Waals surface area contributed by atoms with Crippen molar-refractivity contribution in [3.63, 3.8) is 0 Å². The largest absolute Gasteiger partial charge is 0.349 e. The van der Waals surface area contributed by atoms with E-state index in [4.69, 9.17) is 0 Å². The molecule has 2 rings (SSSR count). The van der Waals surface area contributed by atoms with Gasteiger partial charge in [0, 0.05) is 5.69 Å². The van der Waals surface area contributed by atoms with E-state index in [-0.39, 0.29) is 15.3 Å². The van der Waals surface area contributed by atoms with Crippen LogP contribution < -0.4 is 5.32 Å². The predicted molar refractivity (Wildman–Crippen MR) is 104 cm³/mol. The number of nitrogens with zero attached hydrogens (tertiary/aromatic N) is 1. The van der Waals surface area contributed by atoms with Gasteiger partial charge in [0.15, 0.2) is 4.91 Å². The van der Waals surface area contributed by atoms with Crippen molar-refractivity contribution in [2.45, 2.75) is 31.1 Å². The summed E-state index contributed by atoms with van der Waals surface area (Å²) >= 11 is 4.19. The van der Waals surface area contributed by atoms with Gasteiger partial charge in [0.25, 0.3) is 0 Å². The number of anilines is 1. The highest BCUT2D eigenvalue weighted by Crippen LogP contribution is 2.27. The minimum Gasteiger partial charge on any atom is -0.349 e. The maximum Gasteiger partial charge on any atom is 0.219 e. The van der Waals surface area contributed by atoms with Gasteiger partial charge in [-0.3, -0.25) is 0 Å². The van der Waals surface area contributed by atoms with E-state index < -0.39 is 14.7 Å². The van der Waals surface area contributed by atoms with Crippen LogP contribution in [0.4, 0.5) is 5.69 Å². The highest BCUT2D eigenvalue weighted by molar-refractivity contribution is 7.96. The second-order valence-corrected chi connectivity index (χ2v) is 8.89. The van der Waals surface area contributed by atoms with E-state index in [0.29, 0.717) is 5.69 Å². The van der Waals surface area contributed by atoms with Crippen molar-refractivity contribution in [1.82, 2.24) is 0 Å². The zero-order valence-corrected chi connectivity index (χ0v) is 16.0. The molecule has 0 saturated carbocycles. The molecule has 0 aliphatic rings. The number of allylic oxidation sites excluding steroid dienone is 1. The van der Waals surface area contributed by atoms with Crippen LogP contribution in [-0.4, -0.2) is 8.42 Å². The summed E-state index contributed by atoms with van der Waals surface area (Å²) in [5, 5.41) is 12.2. The van der Waals surface area contributed by atoms with E-state index in [1.54, 1.807) is 42.5 Å². The average Bonchev–Trinajstić information content (AvgIpc) is 2.55. The fourth-order valence-corrected chi connectivity index (χ4v) is 3.90. The Labute approximate surface area is 154 Å². The predicted octanol–water partition coefficient (Wildman–Crippen LogP) is 4.49. The smallest absolute Gasteiger partial charge is 0.219 e. The Morgan fingerprint density at radius 1 is 1.04 bits per heavy atom. The van der Waals surface area contributed by atoms with Crippen LogP contribution in [0.2, 0.25) is 0 Å². The Morgan fingerprint density at radius 3 is 2.08 bits per heavy atom.